The van der Waals surface area contributed by atoms with Gasteiger partial charge in [-0.3, -0.25) is 9.59 Å². The van der Waals surface area contributed by atoms with Crippen LogP contribution in [0.1, 0.15) is 55.3 Å². The van der Waals surface area contributed by atoms with Gasteiger partial charge in [-0.05, 0) is 37.5 Å². The molecule has 0 aliphatic heterocycles. The van der Waals surface area contributed by atoms with E-state index in [0.29, 0.717) is 36.3 Å². The Kier molecular flexibility index (Phi) is 5.99. The van der Waals surface area contributed by atoms with Crippen molar-refractivity contribution in [2.24, 2.45) is 0 Å². The molecule has 1 saturated carbocycles. The number of nitrogens with zero attached hydrogens (tertiary/aromatic N) is 2. The van der Waals surface area contributed by atoms with Crippen LogP contribution in [0.25, 0.3) is 0 Å². The standard InChI is InChI=1S/C19H24N4O3/c1-13-5-4-8-15(11-13)21-18(25)12-17(24)20-10-9-16-22-19(26-23-16)14-6-2-3-7-14/h4-5,8,11,14H,2-3,6-7,9-10,12H2,1H3,(H,20,24)(H,21,25). The van der Waals surface area contributed by atoms with Crippen LogP contribution in [-0.2, 0) is 16.0 Å². The number of amides is 2. The van der Waals surface area contributed by atoms with Crippen molar-refractivity contribution in [3.63, 3.8) is 0 Å². The lowest BCUT2D eigenvalue weighted by Gasteiger charge is -2.06. The maximum atomic E-state index is 11.9. The number of nitrogens with one attached hydrogen (secondary N) is 2. The second-order valence-electron chi connectivity index (χ2n) is 6.72. The highest BCUT2D eigenvalue weighted by Gasteiger charge is 2.22. The topological polar surface area (TPSA) is 97.1 Å². The van der Waals surface area contributed by atoms with Gasteiger partial charge in [-0.1, -0.05) is 30.1 Å². The summed E-state index contributed by atoms with van der Waals surface area (Å²) in [5.41, 5.74) is 1.73. The van der Waals surface area contributed by atoms with E-state index in [1.807, 2.05) is 25.1 Å². The molecule has 1 aliphatic rings. The molecule has 7 nitrogen and oxygen atoms in total. The van der Waals surface area contributed by atoms with Crippen LogP contribution in [0.2, 0.25) is 0 Å². The Balaban J connectivity index is 1.38. The first-order valence-corrected chi connectivity index (χ1v) is 9.06. The molecular formula is C19H24N4O3. The number of rotatable bonds is 7. The van der Waals surface area contributed by atoms with Crippen LogP contribution in [-0.4, -0.2) is 28.5 Å². The number of carbonyl (C=O) groups excluding carboxylic acids is 2. The van der Waals surface area contributed by atoms with Crippen LogP contribution in [0.3, 0.4) is 0 Å². The van der Waals surface area contributed by atoms with Crippen molar-refractivity contribution in [2.75, 3.05) is 11.9 Å². The second-order valence-corrected chi connectivity index (χ2v) is 6.72. The Morgan fingerprint density at radius 3 is 2.81 bits per heavy atom. The molecule has 0 unspecified atom stereocenters. The van der Waals surface area contributed by atoms with Gasteiger partial charge in [0.1, 0.15) is 6.42 Å². The highest BCUT2D eigenvalue weighted by atomic mass is 16.5. The van der Waals surface area contributed by atoms with Crippen LogP contribution in [0.5, 0.6) is 0 Å². The first-order valence-electron chi connectivity index (χ1n) is 9.06. The SMILES string of the molecule is Cc1cccc(NC(=O)CC(=O)NCCc2noc(C3CCCC3)n2)c1. The van der Waals surface area contributed by atoms with E-state index in [4.69, 9.17) is 4.52 Å². The van der Waals surface area contributed by atoms with E-state index >= 15 is 0 Å². The Hall–Kier alpha value is -2.70. The fourth-order valence-electron chi connectivity index (χ4n) is 3.16. The van der Waals surface area contributed by atoms with Gasteiger partial charge in [0.2, 0.25) is 17.7 Å². The highest BCUT2D eigenvalue weighted by molar-refractivity contribution is 6.03. The highest BCUT2D eigenvalue weighted by Crippen LogP contribution is 2.32. The van der Waals surface area contributed by atoms with E-state index in [2.05, 4.69) is 20.8 Å². The van der Waals surface area contributed by atoms with E-state index in [1.54, 1.807) is 6.07 Å². The predicted molar refractivity (Wildman–Crippen MR) is 96.6 cm³/mol. The number of benzene rings is 1. The summed E-state index contributed by atoms with van der Waals surface area (Å²) >= 11 is 0. The number of anilines is 1. The molecule has 0 bridgehead atoms. The van der Waals surface area contributed by atoms with Crippen molar-refractivity contribution >= 4 is 17.5 Å². The summed E-state index contributed by atoms with van der Waals surface area (Å²) in [6, 6.07) is 7.45. The molecule has 1 aromatic carbocycles. The van der Waals surface area contributed by atoms with Crippen LogP contribution in [0.4, 0.5) is 5.69 Å². The van der Waals surface area contributed by atoms with Crippen molar-refractivity contribution in [2.45, 2.75) is 51.4 Å². The summed E-state index contributed by atoms with van der Waals surface area (Å²) in [6.45, 7) is 2.32. The Labute approximate surface area is 152 Å². The monoisotopic (exact) mass is 356 g/mol. The predicted octanol–water partition coefficient (Wildman–Crippen LogP) is 2.72. The Morgan fingerprint density at radius 1 is 1.23 bits per heavy atom. The molecule has 2 N–H and O–H groups in total. The van der Waals surface area contributed by atoms with Crippen molar-refractivity contribution in [3.8, 4) is 0 Å². The number of carbonyl (C=O) groups is 2. The van der Waals surface area contributed by atoms with Crippen LogP contribution in [0, 0.1) is 6.92 Å². The third-order valence-corrected chi connectivity index (χ3v) is 4.48. The van der Waals surface area contributed by atoms with Gasteiger partial charge in [-0.15, -0.1) is 0 Å². The molecule has 2 aromatic rings. The number of aromatic nitrogens is 2. The average molecular weight is 356 g/mol. The summed E-state index contributed by atoms with van der Waals surface area (Å²) in [5.74, 6) is 1.03. The molecule has 1 aromatic heterocycles. The lowest BCUT2D eigenvalue weighted by molar-refractivity contribution is -0.126. The largest absolute Gasteiger partial charge is 0.355 e. The lowest BCUT2D eigenvalue weighted by atomic mass is 10.1. The molecule has 0 atom stereocenters. The van der Waals surface area contributed by atoms with Gasteiger partial charge in [-0.2, -0.15) is 4.98 Å². The smallest absolute Gasteiger partial charge is 0.233 e. The van der Waals surface area contributed by atoms with Crippen LogP contribution >= 0.6 is 0 Å². The fraction of sp³-hybridized carbons (Fsp3) is 0.474. The molecule has 0 radical (unpaired) electrons. The van der Waals surface area contributed by atoms with Crippen LogP contribution < -0.4 is 10.6 Å². The molecule has 26 heavy (non-hydrogen) atoms. The van der Waals surface area contributed by atoms with Gasteiger partial charge in [0, 0.05) is 24.6 Å². The molecule has 138 valence electrons. The number of aryl methyl sites for hydroxylation is 1. The van der Waals surface area contributed by atoms with E-state index < -0.39 is 0 Å². The molecule has 3 rings (SSSR count). The van der Waals surface area contributed by atoms with Gasteiger partial charge < -0.3 is 15.2 Å². The van der Waals surface area contributed by atoms with E-state index in [-0.39, 0.29) is 18.2 Å². The summed E-state index contributed by atoms with van der Waals surface area (Å²) < 4.78 is 5.31. The number of hydrogen-bond acceptors (Lipinski definition) is 5. The third kappa shape index (κ3) is 5.15. The minimum Gasteiger partial charge on any atom is -0.355 e. The van der Waals surface area contributed by atoms with Gasteiger partial charge >= 0.3 is 0 Å². The van der Waals surface area contributed by atoms with E-state index in [0.717, 1.165) is 18.4 Å². The molecule has 1 fully saturated rings. The zero-order valence-corrected chi connectivity index (χ0v) is 15.0. The average Bonchev–Trinajstić information content (AvgIpc) is 3.26. The van der Waals surface area contributed by atoms with Gasteiger partial charge in [-0.25, -0.2) is 0 Å². The van der Waals surface area contributed by atoms with Gasteiger partial charge in [0.05, 0.1) is 0 Å². The van der Waals surface area contributed by atoms with E-state index in [1.165, 1.54) is 12.8 Å². The summed E-state index contributed by atoms with van der Waals surface area (Å²) in [6.07, 6.45) is 4.91. The minimum atomic E-state index is -0.337. The maximum absolute atomic E-state index is 11.9. The lowest BCUT2D eigenvalue weighted by Crippen LogP contribution is -2.29. The second kappa shape index (κ2) is 8.60. The zero-order chi connectivity index (χ0) is 18.4. The first-order chi connectivity index (χ1) is 12.6. The molecule has 1 heterocycles. The maximum Gasteiger partial charge on any atom is 0.233 e. The molecular weight excluding hydrogens is 332 g/mol. The zero-order valence-electron chi connectivity index (χ0n) is 15.0. The molecule has 1 aliphatic carbocycles. The molecule has 0 spiro atoms. The molecule has 0 saturated heterocycles. The van der Waals surface area contributed by atoms with Gasteiger partial charge in [0.25, 0.3) is 0 Å². The summed E-state index contributed by atoms with van der Waals surface area (Å²) in [7, 11) is 0. The molecule has 7 heteroatoms. The first kappa shape index (κ1) is 18.1. The van der Waals surface area contributed by atoms with Gasteiger partial charge in [0.15, 0.2) is 5.82 Å². The normalized spacial score (nSPS) is 14.3. The number of hydrogen-bond donors (Lipinski definition) is 2. The quantitative estimate of drug-likeness (QED) is 0.744. The van der Waals surface area contributed by atoms with Crippen molar-refractivity contribution < 1.29 is 14.1 Å². The van der Waals surface area contributed by atoms with Crippen molar-refractivity contribution in [3.05, 3.63) is 41.5 Å². The Morgan fingerprint density at radius 2 is 2.04 bits per heavy atom. The van der Waals surface area contributed by atoms with Crippen LogP contribution in [0.15, 0.2) is 28.8 Å². The van der Waals surface area contributed by atoms with Crippen molar-refractivity contribution in [1.82, 2.24) is 15.5 Å². The molecule has 2 amide bonds. The summed E-state index contributed by atoms with van der Waals surface area (Å²) in [5, 5.41) is 9.40. The minimum absolute atomic E-state index is 0.215. The fourth-order valence-corrected chi connectivity index (χ4v) is 3.16. The van der Waals surface area contributed by atoms with E-state index in [9.17, 15) is 9.59 Å². The van der Waals surface area contributed by atoms with Crippen molar-refractivity contribution in [1.29, 1.82) is 0 Å². The third-order valence-electron chi connectivity index (χ3n) is 4.48. The Bertz CT molecular complexity index is 766. The summed E-state index contributed by atoms with van der Waals surface area (Å²) in [4.78, 5) is 28.2.